The fraction of sp³-hybridized carbons (Fsp3) is 0.462. The normalized spacial score (nSPS) is 14.6. The Morgan fingerprint density at radius 3 is 2.56 bits per heavy atom. The number of benzene rings is 1. The molecule has 2 nitrogen and oxygen atoms in total. The minimum atomic E-state index is -0.950. The molecule has 0 saturated heterocycles. The van der Waals surface area contributed by atoms with Gasteiger partial charge < -0.3 is 10.6 Å². The molecule has 1 aliphatic rings. The third-order valence-electron chi connectivity index (χ3n) is 3.23. The zero-order valence-corrected chi connectivity index (χ0v) is 11.1. The first-order valence-corrected chi connectivity index (χ1v) is 6.48. The minimum Gasteiger partial charge on any atom is -0.389 e. The first-order valence-electron chi connectivity index (χ1n) is 6.07. The first kappa shape index (κ1) is 13.2. The van der Waals surface area contributed by atoms with Gasteiger partial charge in [0.1, 0.15) is 4.99 Å². The SMILES string of the molecule is CCN(CC1CC1)c1ccc(C(N)=S)c(F)c1F. The summed E-state index contributed by atoms with van der Waals surface area (Å²) in [6, 6.07) is 3.00. The van der Waals surface area contributed by atoms with Crippen LogP contribution in [0.4, 0.5) is 14.5 Å². The highest BCUT2D eigenvalue weighted by atomic mass is 32.1. The van der Waals surface area contributed by atoms with E-state index in [-0.39, 0.29) is 10.6 Å². The summed E-state index contributed by atoms with van der Waals surface area (Å²) < 4.78 is 27.8. The van der Waals surface area contributed by atoms with Crippen molar-refractivity contribution in [3.63, 3.8) is 0 Å². The molecule has 0 spiro atoms. The zero-order chi connectivity index (χ0) is 13.3. The molecule has 18 heavy (non-hydrogen) atoms. The summed E-state index contributed by atoms with van der Waals surface area (Å²) in [6.45, 7) is 3.36. The number of hydrogen-bond acceptors (Lipinski definition) is 2. The van der Waals surface area contributed by atoms with Crippen molar-refractivity contribution >= 4 is 22.9 Å². The van der Waals surface area contributed by atoms with Crippen molar-refractivity contribution in [2.24, 2.45) is 11.7 Å². The van der Waals surface area contributed by atoms with Crippen LogP contribution in [-0.4, -0.2) is 18.1 Å². The van der Waals surface area contributed by atoms with Crippen LogP contribution in [-0.2, 0) is 0 Å². The molecule has 2 rings (SSSR count). The van der Waals surface area contributed by atoms with Crippen molar-refractivity contribution < 1.29 is 8.78 Å². The molecule has 0 bridgehead atoms. The van der Waals surface area contributed by atoms with E-state index in [1.807, 2.05) is 11.8 Å². The molecule has 0 aliphatic heterocycles. The van der Waals surface area contributed by atoms with Crippen LogP contribution < -0.4 is 10.6 Å². The van der Waals surface area contributed by atoms with Gasteiger partial charge in [0.15, 0.2) is 11.6 Å². The highest BCUT2D eigenvalue weighted by Crippen LogP contribution is 2.32. The van der Waals surface area contributed by atoms with Crippen LogP contribution in [0.2, 0.25) is 0 Å². The Kier molecular flexibility index (Phi) is 3.80. The average molecular weight is 270 g/mol. The summed E-state index contributed by atoms with van der Waals surface area (Å²) in [6.07, 6.45) is 2.34. The Labute approximate surface area is 111 Å². The van der Waals surface area contributed by atoms with Crippen molar-refractivity contribution in [3.05, 3.63) is 29.3 Å². The van der Waals surface area contributed by atoms with Gasteiger partial charge in [-0.3, -0.25) is 0 Å². The van der Waals surface area contributed by atoms with Crippen molar-refractivity contribution in [1.82, 2.24) is 0 Å². The van der Waals surface area contributed by atoms with Gasteiger partial charge in [-0.1, -0.05) is 12.2 Å². The number of rotatable bonds is 5. The highest BCUT2D eigenvalue weighted by molar-refractivity contribution is 7.80. The van der Waals surface area contributed by atoms with Gasteiger partial charge in [-0.25, -0.2) is 8.78 Å². The van der Waals surface area contributed by atoms with E-state index >= 15 is 0 Å². The average Bonchev–Trinajstić information content (AvgIpc) is 3.13. The number of nitrogens with zero attached hydrogens (tertiary/aromatic N) is 1. The maximum Gasteiger partial charge on any atom is 0.182 e. The van der Waals surface area contributed by atoms with Crippen LogP contribution in [0.15, 0.2) is 12.1 Å². The second kappa shape index (κ2) is 5.18. The largest absolute Gasteiger partial charge is 0.389 e. The summed E-state index contributed by atoms with van der Waals surface area (Å²) in [7, 11) is 0. The summed E-state index contributed by atoms with van der Waals surface area (Å²) in [5.74, 6) is -1.19. The van der Waals surface area contributed by atoms with E-state index in [0.29, 0.717) is 18.2 Å². The number of halogens is 2. The van der Waals surface area contributed by atoms with Gasteiger partial charge in [0, 0.05) is 18.7 Å². The molecule has 1 aromatic carbocycles. The fourth-order valence-electron chi connectivity index (χ4n) is 1.98. The van der Waals surface area contributed by atoms with Crippen molar-refractivity contribution in [2.75, 3.05) is 18.0 Å². The molecule has 2 N–H and O–H groups in total. The Hall–Kier alpha value is -1.23. The third-order valence-corrected chi connectivity index (χ3v) is 3.45. The molecule has 1 saturated carbocycles. The predicted molar refractivity (Wildman–Crippen MR) is 72.9 cm³/mol. The molecule has 0 unspecified atom stereocenters. The lowest BCUT2D eigenvalue weighted by atomic mass is 10.1. The lowest BCUT2D eigenvalue weighted by Gasteiger charge is -2.24. The standard InChI is InChI=1S/C13H16F2N2S/c1-2-17(7-8-3-4-8)10-6-5-9(13(16)18)11(14)12(10)15/h5-6,8H,2-4,7H2,1H3,(H2,16,18). The van der Waals surface area contributed by atoms with E-state index in [1.54, 1.807) is 6.07 Å². The van der Waals surface area contributed by atoms with Crippen LogP contribution in [0.1, 0.15) is 25.3 Å². The number of anilines is 1. The van der Waals surface area contributed by atoms with Crippen LogP contribution >= 0.6 is 12.2 Å². The predicted octanol–water partition coefficient (Wildman–Crippen LogP) is 2.84. The van der Waals surface area contributed by atoms with E-state index in [4.69, 9.17) is 5.73 Å². The molecule has 1 aromatic rings. The maximum absolute atomic E-state index is 14.0. The molecule has 0 heterocycles. The Morgan fingerprint density at radius 2 is 2.06 bits per heavy atom. The Morgan fingerprint density at radius 1 is 1.39 bits per heavy atom. The lowest BCUT2D eigenvalue weighted by Crippen LogP contribution is -2.27. The van der Waals surface area contributed by atoms with Gasteiger partial charge in [0.2, 0.25) is 0 Å². The van der Waals surface area contributed by atoms with E-state index in [2.05, 4.69) is 12.2 Å². The monoisotopic (exact) mass is 270 g/mol. The second-order valence-electron chi connectivity index (χ2n) is 4.61. The molecule has 98 valence electrons. The van der Waals surface area contributed by atoms with Crippen molar-refractivity contribution in [3.8, 4) is 0 Å². The fourth-order valence-corrected chi connectivity index (χ4v) is 2.14. The molecule has 0 amide bonds. The second-order valence-corrected chi connectivity index (χ2v) is 5.05. The van der Waals surface area contributed by atoms with Crippen molar-refractivity contribution in [2.45, 2.75) is 19.8 Å². The summed E-state index contributed by atoms with van der Waals surface area (Å²) in [4.78, 5) is 1.74. The molecule has 5 heteroatoms. The van der Waals surface area contributed by atoms with Crippen LogP contribution in [0.25, 0.3) is 0 Å². The topological polar surface area (TPSA) is 29.3 Å². The van der Waals surface area contributed by atoms with Crippen LogP contribution in [0.5, 0.6) is 0 Å². The molecule has 0 aromatic heterocycles. The van der Waals surface area contributed by atoms with E-state index in [0.717, 1.165) is 6.54 Å². The van der Waals surface area contributed by atoms with Gasteiger partial charge in [-0.05, 0) is 37.8 Å². The molecule has 0 radical (unpaired) electrons. The molecule has 1 aliphatic carbocycles. The van der Waals surface area contributed by atoms with Gasteiger partial charge in [-0.2, -0.15) is 0 Å². The summed E-state index contributed by atoms with van der Waals surface area (Å²) in [5, 5.41) is 0. The molecule has 1 fully saturated rings. The Balaban J connectivity index is 2.31. The number of thiocarbonyl (C=S) groups is 1. The first-order chi connectivity index (χ1) is 8.54. The van der Waals surface area contributed by atoms with Gasteiger partial charge in [-0.15, -0.1) is 0 Å². The Bertz CT molecular complexity index is 472. The highest BCUT2D eigenvalue weighted by Gasteiger charge is 2.26. The van der Waals surface area contributed by atoms with Crippen LogP contribution in [0.3, 0.4) is 0 Å². The summed E-state index contributed by atoms with van der Waals surface area (Å²) >= 11 is 4.68. The maximum atomic E-state index is 14.0. The molecule has 0 atom stereocenters. The summed E-state index contributed by atoms with van der Waals surface area (Å²) in [5.41, 5.74) is 5.60. The number of hydrogen-bond donors (Lipinski definition) is 1. The van der Waals surface area contributed by atoms with E-state index in [9.17, 15) is 8.78 Å². The smallest absolute Gasteiger partial charge is 0.182 e. The molecular formula is C13H16F2N2S. The zero-order valence-electron chi connectivity index (χ0n) is 10.2. The van der Waals surface area contributed by atoms with Gasteiger partial charge >= 0.3 is 0 Å². The van der Waals surface area contributed by atoms with Crippen molar-refractivity contribution in [1.29, 1.82) is 0 Å². The third kappa shape index (κ3) is 2.61. The lowest BCUT2D eigenvalue weighted by molar-refractivity contribution is 0.504. The van der Waals surface area contributed by atoms with E-state index < -0.39 is 11.6 Å². The molecular weight excluding hydrogens is 254 g/mol. The number of nitrogens with two attached hydrogens (primary N) is 1. The van der Waals surface area contributed by atoms with E-state index in [1.165, 1.54) is 18.9 Å². The van der Waals surface area contributed by atoms with Crippen LogP contribution in [0, 0.1) is 17.6 Å². The van der Waals surface area contributed by atoms with Gasteiger partial charge in [0.25, 0.3) is 0 Å². The quantitative estimate of drug-likeness (QED) is 0.834. The van der Waals surface area contributed by atoms with Gasteiger partial charge in [0.05, 0.1) is 5.69 Å². The minimum absolute atomic E-state index is 0.0336.